The number of aromatic nitrogens is 4. The van der Waals surface area contributed by atoms with Crippen LogP contribution in [0.3, 0.4) is 0 Å². The predicted molar refractivity (Wildman–Crippen MR) is 134 cm³/mol. The van der Waals surface area contributed by atoms with E-state index in [2.05, 4.69) is 35.9 Å². The minimum atomic E-state index is -1.28. The summed E-state index contributed by atoms with van der Waals surface area (Å²) in [5.74, 6) is -4.45. The lowest BCUT2D eigenvalue weighted by molar-refractivity contribution is -0.142. The van der Waals surface area contributed by atoms with Gasteiger partial charge in [-0.1, -0.05) is 20.3 Å². The van der Waals surface area contributed by atoms with Crippen LogP contribution < -0.4 is 27.4 Å². The number of H-pyrrole nitrogens is 2. The Kier molecular flexibility index (Phi) is 11.4. The third-order valence-electron chi connectivity index (χ3n) is 6.03. The van der Waals surface area contributed by atoms with E-state index in [1.54, 1.807) is 13.8 Å². The van der Waals surface area contributed by atoms with Crippen LogP contribution >= 0.6 is 0 Å². The summed E-state index contributed by atoms with van der Waals surface area (Å²) in [6.07, 6.45) is 6.00. The summed E-state index contributed by atoms with van der Waals surface area (Å²) in [7, 11) is 0. The minimum Gasteiger partial charge on any atom is -0.480 e. The number of nitrogens with one attached hydrogen (secondary N) is 5. The van der Waals surface area contributed by atoms with Crippen LogP contribution in [-0.2, 0) is 36.8 Å². The van der Waals surface area contributed by atoms with Gasteiger partial charge in [-0.3, -0.25) is 19.2 Å². The van der Waals surface area contributed by atoms with Crippen molar-refractivity contribution in [2.24, 2.45) is 17.4 Å². The first-order chi connectivity index (χ1) is 18.0. The molecule has 0 aromatic carbocycles. The fraction of sp³-hybridized carbons (Fsp3) is 0.522. The number of aromatic amines is 2. The highest BCUT2D eigenvalue weighted by atomic mass is 16.4. The van der Waals surface area contributed by atoms with Gasteiger partial charge in [-0.05, 0) is 12.3 Å². The molecule has 0 radical (unpaired) electrons. The maximum absolute atomic E-state index is 13.2. The minimum absolute atomic E-state index is 0.0479. The van der Waals surface area contributed by atoms with Crippen molar-refractivity contribution in [2.45, 2.75) is 70.1 Å². The molecule has 5 unspecified atom stereocenters. The maximum atomic E-state index is 13.2. The van der Waals surface area contributed by atoms with E-state index >= 15 is 0 Å². The average molecular weight is 534 g/mol. The number of amides is 4. The van der Waals surface area contributed by atoms with Gasteiger partial charge in [-0.15, -0.1) is 0 Å². The molecule has 0 bridgehead atoms. The van der Waals surface area contributed by atoms with Gasteiger partial charge in [-0.2, -0.15) is 0 Å². The number of hydrogen-bond acceptors (Lipinski definition) is 8. The van der Waals surface area contributed by atoms with Gasteiger partial charge in [0.05, 0.1) is 18.7 Å². The summed E-state index contributed by atoms with van der Waals surface area (Å²) in [4.78, 5) is 75.4. The molecule has 2 heterocycles. The Morgan fingerprint density at radius 2 is 1.50 bits per heavy atom. The molecule has 0 saturated heterocycles. The first-order valence-electron chi connectivity index (χ1n) is 12.1. The third-order valence-corrected chi connectivity index (χ3v) is 6.03. The van der Waals surface area contributed by atoms with E-state index in [4.69, 9.17) is 11.5 Å². The SMILES string of the molecule is CCC(C)C(NC(=O)C(CCC(N)=O)NC(=O)C(N)Cc1cnc[nH]1)C(=O)NC(Cc1cnc[nH]1)C(=O)O. The zero-order chi connectivity index (χ0) is 28.2. The molecular weight excluding hydrogens is 498 g/mol. The van der Waals surface area contributed by atoms with E-state index in [1.165, 1.54) is 25.0 Å². The number of nitrogens with two attached hydrogens (primary N) is 2. The van der Waals surface area contributed by atoms with Gasteiger partial charge in [-0.25, -0.2) is 14.8 Å². The lowest BCUT2D eigenvalue weighted by Gasteiger charge is -2.28. The summed E-state index contributed by atoms with van der Waals surface area (Å²) >= 11 is 0. The number of primary amides is 1. The normalized spacial score (nSPS) is 14.9. The van der Waals surface area contributed by atoms with Gasteiger partial charge in [0.1, 0.15) is 18.1 Å². The highest BCUT2D eigenvalue weighted by Crippen LogP contribution is 2.11. The molecule has 0 fully saturated rings. The summed E-state index contributed by atoms with van der Waals surface area (Å²) < 4.78 is 0. The highest BCUT2D eigenvalue weighted by molar-refractivity contribution is 5.94. The quantitative estimate of drug-likeness (QED) is 0.120. The lowest BCUT2D eigenvalue weighted by atomic mass is 9.96. The Morgan fingerprint density at radius 3 is 2.00 bits per heavy atom. The second kappa shape index (κ2) is 14.5. The van der Waals surface area contributed by atoms with Crippen molar-refractivity contribution >= 4 is 29.6 Å². The van der Waals surface area contributed by atoms with Crippen molar-refractivity contribution in [3.8, 4) is 0 Å². The van der Waals surface area contributed by atoms with Gasteiger partial charge < -0.3 is 42.5 Å². The largest absolute Gasteiger partial charge is 0.480 e. The number of aliphatic carboxylic acids is 1. The number of carboxylic acid groups (broad SMARTS) is 1. The molecule has 4 amide bonds. The second-order valence-electron chi connectivity index (χ2n) is 9.01. The Labute approximate surface area is 218 Å². The zero-order valence-corrected chi connectivity index (χ0v) is 21.3. The fourth-order valence-corrected chi connectivity index (χ4v) is 3.59. The Balaban J connectivity index is 2.13. The van der Waals surface area contributed by atoms with Crippen molar-refractivity contribution in [3.05, 3.63) is 36.4 Å². The molecular formula is C23H35N9O6. The van der Waals surface area contributed by atoms with Gasteiger partial charge in [0.2, 0.25) is 23.6 Å². The average Bonchev–Trinajstić information content (AvgIpc) is 3.58. The van der Waals surface area contributed by atoms with Gasteiger partial charge in [0.25, 0.3) is 0 Å². The van der Waals surface area contributed by atoms with Gasteiger partial charge in [0.15, 0.2) is 0 Å². The summed E-state index contributed by atoms with van der Waals surface area (Å²) in [5, 5.41) is 17.2. The maximum Gasteiger partial charge on any atom is 0.326 e. The van der Waals surface area contributed by atoms with Crippen LogP contribution in [-0.4, -0.2) is 78.8 Å². The van der Waals surface area contributed by atoms with Crippen molar-refractivity contribution < 1.29 is 29.1 Å². The van der Waals surface area contributed by atoms with Gasteiger partial charge >= 0.3 is 5.97 Å². The molecule has 2 aromatic heterocycles. The molecule has 5 atom stereocenters. The molecule has 0 saturated carbocycles. The molecule has 0 aliphatic heterocycles. The van der Waals surface area contributed by atoms with E-state index in [-0.39, 0.29) is 25.7 Å². The molecule has 208 valence electrons. The van der Waals surface area contributed by atoms with Crippen LogP contribution in [0.2, 0.25) is 0 Å². The van der Waals surface area contributed by atoms with Crippen LogP contribution in [0.5, 0.6) is 0 Å². The van der Waals surface area contributed by atoms with E-state index in [0.717, 1.165) is 0 Å². The predicted octanol–water partition coefficient (Wildman–Crippen LogP) is -1.90. The summed E-state index contributed by atoms with van der Waals surface area (Å²) in [6.45, 7) is 3.52. The molecule has 2 rings (SSSR count). The number of imidazole rings is 2. The third kappa shape index (κ3) is 9.31. The smallest absolute Gasteiger partial charge is 0.326 e. The van der Waals surface area contributed by atoms with E-state index in [1.807, 2.05) is 0 Å². The Morgan fingerprint density at radius 1 is 0.921 bits per heavy atom. The van der Waals surface area contributed by atoms with Crippen LogP contribution in [0.1, 0.15) is 44.5 Å². The number of carbonyl (C=O) groups excluding carboxylic acids is 4. The number of carboxylic acids is 1. The topological polar surface area (TPSA) is 251 Å². The van der Waals surface area contributed by atoms with Crippen LogP contribution in [0.25, 0.3) is 0 Å². The monoisotopic (exact) mass is 533 g/mol. The van der Waals surface area contributed by atoms with Crippen molar-refractivity contribution in [1.29, 1.82) is 0 Å². The Hall–Kier alpha value is -4.27. The summed E-state index contributed by atoms with van der Waals surface area (Å²) in [5.41, 5.74) is 12.3. The lowest BCUT2D eigenvalue weighted by Crippen LogP contribution is -2.59. The van der Waals surface area contributed by atoms with Crippen LogP contribution in [0.4, 0.5) is 0 Å². The van der Waals surface area contributed by atoms with E-state index in [9.17, 15) is 29.1 Å². The molecule has 0 aliphatic carbocycles. The van der Waals surface area contributed by atoms with E-state index in [0.29, 0.717) is 17.8 Å². The number of carbonyl (C=O) groups is 5. The molecule has 0 spiro atoms. The molecule has 15 nitrogen and oxygen atoms in total. The fourth-order valence-electron chi connectivity index (χ4n) is 3.59. The van der Waals surface area contributed by atoms with Crippen molar-refractivity contribution in [3.63, 3.8) is 0 Å². The molecule has 2 aromatic rings. The number of nitrogens with zero attached hydrogens (tertiary/aromatic N) is 2. The molecule has 15 heteroatoms. The zero-order valence-electron chi connectivity index (χ0n) is 21.3. The standard InChI is InChI=1S/C23H35N9O6/c1-3-12(2)19(22(36)31-17(23(37)38)7-14-9-27-11-29-14)32-21(35)16(4-5-18(25)33)30-20(34)15(24)6-13-8-26-10-28-13/h8-12,15-17,19H,3-7,24H2,1-2H3,(H2,25,33)(H,26,28)(H,27,29)(H,30,34)(H,31,36)(H,32,35)(H,37,38). The first-order valence-corrected chi connectivity index (χ1v) is 12.1. The van der Waals surface area contributed by atoms with Gasteiger partial charge in [0, 0.05) is 43.0 Å². The van der Waals surface area contributed by atoms with E-state index < -0.39 is 59.7 Å². The van der Waals surface area contributed by atoms with Crippen LogP contribution in [0, 0.1) is 5.92 Å². The van der Waals surface area contributed by atoms with Crippen LogP contribution in [0.15, 0.2) is 25.0 Å². The second-order valence-corrected chi connectivity index (χ2v) is 9.01. The molecule has 38 heavy (non-hydrogen) atoms. The van der Waals surface area contributed by atoms with Crippen molar-refractivity contribution in [1.82, 2.24) is 35.9 Å². The number of hydrogen-bond donors (Lipinski definition) is 8. The Bertz CT molecular complexity index is 1070. The first kappa shape index (κ1) is 30.0. The summed E-state index contributed by atoms with van der Waals surface area (Å²) in [6, 6.07) is -4.64. The van der Waals surface area contributed by atoms with Crippen molar-refractivity contribution in [2.75, 3.05) is 0 Å². The highest BCUT2D eigenvalue weighted by Gasteiger charge is 2.33. The molecule has 10 N–H and O–H groups in total. The number of rotatable bonds is 16. The molecule has 0 aliphatic rings.